The van der Waals surface area contributed by atoms with Crippen LogP contribution in [0, 0.1) is 19.3 Å². The monoisotopic (exact) mass is 458 g/mol. The zero-order valence-electron chi connectivity index (χ0n) is 19.8. The van der Waals surface area contributed by atoms with Gasteiger partial charge in [0.05, 0.1) is 22.1 Å². The maximum absolute atomic E-state index is 13.2. The summed E-state index contributed by atoms with van der Waals surface area (Å²) in [6, 6.07) is 14.6. The van der Waals surface area contributed by atoms with Gasteiger partial charge in [-0.1, -0.05) is 6.92 Å². The highest BCUT2D eigenvalue weighted by molar-refractivity contribution is 6.15. The Morgan fingerprint density at radius 1 is 0.794 bits per heavy atom. The van der Waals surface area contributed by atoms with E-state index in [1.165, 1.54) is 0 Å². The van der Waals surface area contributed by atoms with Gasteiger partial charge in [0.2, 0.25) is 22.8 Å². The second kappa shape index (κ2) is 8.62. The molecule has 0 saturated heterocycles. The summed E-state index contributed by atoms with van der Waals surface area (Å²) in [5.74, 6) is -0.795. The fraction of sp³-hybridized carbons (Fsp3) is 0.231. The van der Waals surface area contributed by atoms with Crippen LogP contribution in [0.2, 0.25) is 0 Å². The highest BCUT2D eigenvalue weighted by atomic mass is 16.2. The Morgan fingerprint density at radius 3 is 1.59 bits per heavy atom. The summed E-state index contributed by atoms with van der Waals surface area (Å²) in [6.07, 6.45) is 0.316. The molecule has 2 aromatic carbocycles. The Kier molecular flexibility index (Phi) is 5.83. The Hall–Kier alpha value is -4.20. The molecule has 4 rings (SSSR count). The maximum Gasteiger partial charge on any atom is 0.239 e. The van der Waals surface area contributed by atoms with Crippen LogP contribution in [0.25, 0.3) is 21.8 Å². The van der Waals surface area contributed by atoms with Gasteiger partial charge in [-0.3, -0.25) is 9.59 Å². The van der Waals surface area contributed by atoms with Gasteiger partial charge < -0.3 is 22.1 Å². The summed E-state index contributed by atoms with van der Waals surface area (Å²) in [6.45, 7) is 7.31. The Labute approximate surface area is 197 Å². The Bertz CT molecular complexity index is 1340. The molecular formula is C26H30N6O2+2. The van der Waals surface area contributed by atoms with Gasteiger partial charge >= 0.3 is 0 Å². The lowest BCUT2D eigenvalue weighted by Crippen LogP contribution is -2.43. The van der Waals surface area contributed by atoms with Crippen molar-refractivity contribution < 1.29 is 19.6 Å². The number of nitrogens with two attached hydrogens (primary N) is 2. The highest BCUT2D eigenvalue weighted by Crippen LogP contribution is 2.29. The SMILES string of the molecule is CCC(C)(C(=O)Nc1ccc2[nH+]c(C)cc(N)c2c1)C(=O)Nc1ccc2[nH+]c(C)cc(N)c2c1. The second-order valence-corrected chi connectivity index (χ2v) is 8.93. The first kappa shape index (κ1) is 23.0. The first-order chi connectivity index (χ1) is 16.1. The Balaban J connectivity index is 1.57. The number of H-pyrrole nitrogens is 2. The number of aromatic amines is 2. The van der Waals surface area contributed by atoms with Crippen molar-refractivity contribution in [1.29, 1.82) is 0 Å². The highest BCUT2D eigenvalue weighted by Gasteiger charge is 2.39. The molecule has 2 amide bonds. The lowest BCUT2D eigenvalue weighted by molar-refractivity contribution is -0.355. The van der Waals surface area contributed by atoms with E-state index in [2.05, 4.69) is 20.6 Å². The van der Waals surface area contributed by atoms with Crippen molar-refractivity contribution in [2.24, 2.45) is 5.41 Å². The Morgan fingerprint density at radius 2 is 1.21 bits per heavy atom. The third-order valence-corrected chi connectivity index (χ3v) is 6.29. The fourth-order valence-corrected chi connectivity index (χ4v) is 4.02. The number of carbonyl (C=O) groups excluding carboxylic acids is 2. The predicted molar refractivity (Wildman–Crippen MR) is 135 cm³/mol. The van der Waals surface area contributed by atoms with Crippen molar-refractivity contribution in [2.75, 3.05) is 22.1 Å². The van der Waals surface area contributed by atoms with Gasteiger partial charge in [0.1, 0.15) is 5.41 Å². The molecule has 174 valence electrons. The third-order valence-electron chi connectivity index (χ3n) is 6.29. The van der Waals surface area contributed by atoms with E-state index in [9.17, 15) is 9.59 Å². The summed E-state index contributed by atoms with van der Waals surface area (Å²) >= 11 is 0. The summed E-state index contributed by atoms with van der Waals surface area (Å²) in [4.78, 5) is 33.0. The molecule has 34 heavy (non-hydrogen) atoms. The van der Waals surface area contributed by atoms with Gasteiger partial charge in [-0.25, -0.2) is 9.97 Å². The molecule has 0 spiro atoms. The van der Waals surface area contributed by atoms with Crippen LogP contribution in [0.1, 0.15) is 31.7 Å². The normalized spacial score (nSPS) is 11.5. The van der Waals surface area contributed by atoms with Gasteiger partial charge in [-0.2, -0.15) is 0 Å². The summed E-state index contributed by atoms with van der Waals surface area (Å²) in [7, 11) is 0. The second-order valence-electron chi connectivity index (χ2n) is 8.93. The number of amides is 2. The van der Waals surface area contributed by atoms with E-state index in [0.717, 1.165) is 33.2 Å². The molecule has 0 aliphatic rings. The van der Waals surface area contributed by atoms with Crippen molar-refractivity contribution in [3.8, 4) is 0 Å². The molecule has 2 aromatic heterocycles. The van der Waals surface area contributed by atoms with E-state index >= 15 is 0 Å². The minimum Gasteiger partial charge on any atom is -0.398 e. The van der Waals surface area contributed by atoms with Crippen molar-refractivity contribution in [3.05, 3.63) is 59.9 Å². The van der Waals surface area contributed by atoms with Crippen molar-refractivity contribution in [1.82, 2.24) is 0 Å². The van der Waals surface area contributed by atoms with Gasteiger partial charge in [-0.05, 0) is 37.6 Å². The number of pyridine rings is 2. The van der Waals surface area contributed by atoms with Crippen LogP contribution in [0.4, 0.5) is 22.7 Å². The fourth-order valence-electron chi connectivity index (χ4n) is 4.02. The number of nitrogens with one attached hydrogen (secondary N) is 4. The molecule has 0 fully saturated rings. The largest absolute Gasteiger partial charge is 0.398 e. The number of hydrogen-bond donors (Lipinski definition) is 4. The number of benzene rings is 2. The molecule has 0 unspecified atom stereocenters. The number of hydrogen-bond acceptors (Lipinski definition) is 4. The van der Waals surface area contributed by atoms with Crippen LogP contribution in [-0.2, 0) is 9.59 Å². The molecule has 0 radical (unpaired) electrons. The molecule has 2 heterocycles. The molecular weight excluding hydrogens is 428 g/mol. The number of rotatable bonds is 5. The molecule has 8 heteroatoms. The van der Waals surface area contributed by atoms with E-state index in [-0.39, 0.29) is 0 Å². The van der Waals surface area contributed by atoms with Crippen LogP contribution in [0.15, 0.2) is 48.5 Å². The maximum atomic E-state index is 13.2. The number of aromatic nitrogens is 2. The molecule has 0 bridgehead atoms. The topological polar surface area (TPSA) is 139 Å². The molecule has 4 aromatic rings. The van der Waals surface area contributed by atoms with Crippen LogP contribution < -0.4 is 32.1 Å². The molecule has 0 atom stereocenters. The predicted octanol–water partition coefficient (Wildman–Crippen LogP) is 3.40. The first-order valence-electron chi connectivity index (χ1n) is 11.2. The van der Waals surface area contributed by atoms with Crippen molar-refractivity contribution in [3.63, 3.8) is 0 Å². The number of nitrogen functional groups attached to an aromatic ring is 2. The van der Waals surface area contributed by atoms with Gasteiger partial charge in [-0.15, -0.1) is 0 Å². The average Bonchev–Trinajstić information content (AvgIpc) is 2.79. The van der Waals surface area contributed by atoms with E-state index in [1.807, 2.05) is 45.0 Å². The van der Waals surface area contributed by atoms with E-state index in [0.29, 0.717) is 29.2 Å². The number of aryl methyl sites for hydroxylation is 2. The number of anilines is 4. The van der Waals surface area contributed by atoms with E-state index in [4.69, 9.17) is 11.5 Å². The van der Waals surface area contributed by atoms with Crippen LogP contribution in [-0.4, -0.2) is 11.8 Å². The molecule has 0 aliphatic carbocycles. The van der Waals surface area contributed by atoms with Crippen LogP contribution in [0.5, 0.6) is 0 Å². The quantitative estimate of drug-likeness (QED) is 0.340. The lowest BCUT2D eigenvalue weighted by Gasteiger charge is -2.26. The molecule has 0 aliphatic heterocycles. The van der Waals surface area contributed by atoms with Crippen LogP contribution >= 0.6 is 0 Å². The zero-order valence-corrected chi connectivity index (χ0v) is 19.8. The minimum absolute atomic E-state index is 0.316. The van der Waals surface area contributed by atoms with E-state index in [1.54, 1.807) is 31.2 Å². The third kappa shape index (κ3) is 4.22. The minimum atomic E-state index is -1.29. The van der Waals surface area contributed by atoms with Crippen molar-refractivity contribution in [2.45, 2.75) is 34.1 Å². The first-order valence-corrected chi connectivity index (χ1v) is 11.2. The van der Waals surface area contributed by atoms with Gasteiger partial charge in [0.15, 0.2) is 11.4 Å². The summed E-state index contributed by atoms with van der Waals surface area (Å²) in [5.41, 5.74) is 17.0. The summed E-state index contributed by atoms with van der Waals surface area (Å²) in [5, 5.41) is 7.37. The zero-order chi connectivity index (χ0) is 24.6. The molecule has 0 saturated carbocycles. The smallest absolute Gasteiger partial charge is 0.239 e. The number of fused-ring (bicyclic) bond motifs is 2. The molecule has 8 nitrogen and oxygen atoms in total. The van der Waals surface area contributed by atoms with Crippen molar-refractivity contribution >= 4 is 56.4 Å². The standard InChI is InChI=1S/C26H28N6O2/c1-5-26(4,24(33)31-16-6-8-22-18(12-16)20(27)10-14(2)29-22)25(34)32-17-7-9-23-19(13-17)21(28)11-15(3)30-23/h6-13H,5H2,1-4H3,(H2,27,29)(H2,28,30)(H,31,33)(H,32,34)/p+2. The summed E-state index contributed by atoms with van der Waals surface area (Å²) < 4.78 is 0. The molecule has 8 N–H and O–H groups in total. The van der Waals surface area contributed by atoms with E-state index < -0.39 is 17.2 Å². The van der Waals surface area contributed by atoms with Gasteiger partial charge in [0, 0.05) is 49.5 Å². The average molecular weight is 459 g/mol. The van der Waals surface area contributed by atoms with Gasteiger partial charge in [0.25, 0.3) is 0 Å². The van der Waals surface area contributed by atoms with Crippen LogP contribution in [0.3, 0.4) is 0 Å². The number of carbonyl (C=O) groups is 2. The lowest BCUT2D eigenvalue weighted by atomic mass is 9.85.